The first-order chi connectivity index (χ1) is 10.7. The summed E-state index contributed by atoms with van der Waals surface area (Å²) in [6.07, 6.45) is 7.04. The number of nitrogens with zero attached hydrogens (tertiary/aromatic N) is 3. The summed E-state index contributed by atoms with van der Waals surface area (Å²) in [5.41, 5.74) is 2.20. The average molecular weight is 307 g/mol. The summed E-state index contributed by atoms with van der Waals surface area (Å²) in [4.78, 5) is 2.46. The topological polar surface area (TPSA) is 46.5 Å². The lowest BCUT2D eigenvalue weighted by Gasteiger charge is -2.27. The van der Waals surface area contributed by atoms with Crippen LogP contribution in [0.1, 0.15) is 6.42 Å². The zero-order valence-electron chi connectivity index (χ0n) is 13.5. The smallest absolute Gasteiger partial charge is 0.208 e. The van der Waals surface area contributed by atoms with Gasteiger partial charge in [0.15, 0.2) is 0 Å². The van der Waals surface area contributed by atoms with E-state index >= 15 is 0 Å². The second-order valence-electron chi connectivity index (χ2n) is 5.81. The van der Waals surface area contributed by atoms with E-state index in [1.54, 1.807) is 14.2 Å². The molecule has 0 aromatic carbocycles. The molecule has 1 aliphatic carbocycles. The average Bonchev–Trinajstić information content (AvgIpc) is 2.97. The Hall–Kier alpha value is -1.21. The van der Waals surface area contributed by atoms with Crippen LogP contribution in [-0.2, 0) is 14.2 Å². The van der Waals surface area contributed by atoms with E-state index in [2.05, 4.69) is 15.0 Å². The summed E-state index contributed by atoms with van der Waals surface area (Å²) in [7, 11) is 3.31. The Morgan fingerprint density at radius 3 is 2.73 bits per heavy atom. The van der Waals surface area contributed by atoms with Crippen LogP contribution in [0.25, 0.3) is 0 Å². The largest absolute Gasteiger partial charge is 0.379 e. The predicted octanol–water partition coefficient (Wildman–Crippen LogP) is 0.866. The van der Waals surface area contributed by atoms with Crippen LogP contribution in [0.5, 0.6) is 0 Å². The van der Waals surface area contributed by atoms with Crippen LogP contribution >= 0.6 is 0 Å². The van der Waals surface area contributed by atoms with E-state index in [9.17, 15) is 0 Å². The number of morpholine rings is 1. The highest BCUT2D eigenvalue weighted by molar-refractivity contribution is 6.10. The molecule has 0 aromatic rings. The van der Waals surface area contributed by atoms with E-state index in [1.165, 1.54) is 5.57 Å². The van der Waals surface area contributed by atoms with Gasteiger partial charge in [-0.05, 0) is 24.6 Å². The molecule has 0 aromatic heterocycles. The maximum absolute atomic E-state index is 5.45. The molecule has 3 aliphatic rings. The molecular formula is C16H25N3O3. The van der Waals surface area contributed by atoms with Gasteiger partial charge in [-0.25, -0.2) is 0 Å². The summed E-state index contributed by atoms with van der Waals surface area (Å²) in [5.74, 6) is -0.738. The molecule has 6 nitrogen and oxygen atoms in total. The van der Waals surface area contributed by atoms with E-state index in [0.29, 0.717) is 0 Å². The number of hydrogen-bond donors (Lipinski definition) is 0. The molecule has 0 atom stereocenters. The van der Waals surface area contributed by atoms with Crippen LogP contribution in [0.4, 0.5) is 0 Å². The molecule has 6 heteroatoms. The summed E-state index contributed by atoms with van der Waals surface area (Å²) in [5, 5.41) is 6.80. The number of allylic oxidation sites excluding steroid dienone is 1. The maximum Gasteiger partial charge on any atom is 0.208 e. The third-order valence-electron chi connectivity index (χ3n) is 4.41. The van der Waals surface area contributed by atoms with Crippen molar-refractivity contribution in [3.05, 3.63) is 23.8 Å². The highest BCUT2D eigenvalue weighted by Crippen LogP contribution is 2.27. The number of hydrogen-bond acceptors (Lipinski definition) is 6. The number of rotatable bonds is 6. The lowest BCUT2D eigenvalue weighted by atomic mass is 10.0. The van der Waals surface area contributed by atoms with E-state index in [4.69, 9.17) is 14.2 Å². The second kappa shape index (κ2) is 6.91. The predicted molar refractivity (Wildman–Crippen MR) is 84.9 cm³/mol. The molecule has 122 valence electrons. The normalized spacial score (nSPS) is 24.2. The van der Waals surface area contributed by atoms with E-state index in [1.807, 2.05) is 18.2 Å². The van der Waals surface area contributed by atoms with Crippen molar-refractivity contribution in [1.82, 2.24) is 9.91 Å². The van der Waals surface area contributed by atoms with Gasteiger partial charge in [-0.1, -0.05) is 0 Å². The second-order valence-corrected chi connectivity index (χ2v) is 5.81. The summed E-state index contributed by atoms with van der Waals surface area (Å²) in [6, 6.07) is 0. The van der Waals surface area contributed by atoms with Crippen LogP contribution in [0.15, 0.2) is 28.9 Å². The van der Waals surface area contributed by atoms with Crippen LogP contribution in [0.3, 0.4) is 0 Å². The summed E-state index contributed by atoms with van der Waals surface area (Å²) >= 11 is 0. The number of ether oxygens (including phenoxy) is 3. The molecule has 0 unspecified atom stereocenters. The zero-order chi connectivity index (χ0) is 15.4. The molecule has 0 N–H and O–H groups in total. The molecule has 0 spiro atoms. The highest BCUT2D eigenvalue weighted by atomic mass is 16.7. The van der Waals surface area contributed by atoms with Crippen molar-refractivity contribution in [3.8, 4) is 0 Å². The van der Waals surface area contributed by atoms with Gasteiger partial charge in [0, 0.05) is 46.0 Å². The molecular weight excluding hydrogens is 282 g/mol. The quantitative estimate of drug-likeness (QED) is 0.681. The fourth-order valence-electron chi connectivity index (χ4n) is 3.04. The third kappa shape index (κ3) is 3.41. The molecule has 0 saturated carbocycles. The maximum atomic E-state index is 5.45. The Morgan fingerprint density at radius 2 is 2.00 bits per heavy atom. The molecule has 0 bridgehead atoms. The third-order valence-corrected chi connectivity index (χ3v) is 4.41. The lowest BCUT2D eigenvalue weighted by Crippen LogP contribution is -2.37. The van der Waals surface area contributed by atoms with Crippen molar-refractivity contribution in [2.75, 3.05) is 60.2 Å². The van der Waals surface area contributed by atoms with Gasteiger partial charge in [0.2, 0.25) is 5.79 Å². The van der Waals surface area contributed by atoms with Gasteiger partial charge in [0.25, 0.3) is 0 Å². The SMILES string of the molecule is COC1(OC)C=CC2=NN(CCCN3CCOCC3)CC2=C1. The molecule has 1 fully saturated rings. The van der Waals surface area contributed by atoms with Crippen LogP contribution in [0, 0.1) is 0 Å². The van der Waals surface area contributed by atoms with E-state index in [-0.39, 0.29) is 0 Å². The van der Waals surface area contributed by atoms with Gasteiger partial charge in [0.1, 0.15) is 0 Å². The molecule has 2 aliphatic heterocycles. The van der Waals surface area contributed by atoms with Crippen molar-refractivity contribution < 1.29 is 14.2 Å². The fraction of sp³-hybridized carbons (Fsp3) is 0.688. The number of methoxy groups -OCH3 is 2. The minimum Gasteiger partial charge on any atom is -0.379 e. The molecule has 0 amide bonds. The van der Waals surface area contributed by atoms with Gasteiger partial charge in [-0.15, -0.1) is 0 Å². The Kier molecular flexibility index (Phi) is 4.93. The van der Waals surface area contributed by atoms with Crippen molar-refractivity contribution in [3.63, 3.8) is 0 Å². The first-order valence-corrected chi connectivity index (χ1v) is 7.90. The molecule has 1 saturated heterocycles. The Morgan fingerprint density at radius 1 is 1.23 bits per heavy atom. The minimum absolute atomic E-state index is 0.738. The minimum atomic E-state index is -0.738. The molecule has 0 radical (unpaired) electrons. The Balaban J connectivity index is 1.50. The molecule has 22 heavy (non-hydrogen) atoms. The summed E-state index contributed by atoms with van der Waals surface area (Å²) in [6.45, 7) is 6.73. The standard InChI is InChI=1S/C16H25N3O3/c1-20-16(21-2)5-4-15-14(12-16)13-19(17-15)7-3-6-18-8-10-22-11-9-18/h4-5,12H,3,6-11,13H2,1-2H3. The van der Waals surface area contributed by atoms with Crippen molar-refractivity contribution >= 4 is 5.71 Å². The van der Waals surface area contributed by atoms with Crippen molar-refractivity contribution in [2.24, 2.45) is 5.10 Å². The van der Waals surface area contributed by atoms with Crippen LogP contribution in [0.2, 0.25) is 0 Å². The molecule has 3 rings (SSSR count). The first-order valence-electron chi connectivity index (χ1n) is 7.90. The van der Waals surface area contributed by atoms with Gasteiger partial charge >= 0.3 is 0 Å². The van der Waals surface area contributed by atoms with Crippen molar-refractivity contribution in [1.29, 1.82) is 0 Å². The molecule has 2 heterocycles. The van der Waals surface area contributed by atoms with Crippen molar-refractivity contribution in [2.45, 2.75) is 12.2 Å². The van der Waals surface area contributed by atoms with E-state index in [0.717, 1.165) is 58.1 Å². The van der Waals surface area contributed by atoms with Crippen LogP contribution < -0.4 is 0 Å². The fourth-order valence-corrected chi connectivity index (χ4v) is 3.04. The Bertz CT molecular complexity index is 477. The first kappa shape index (κ1) is 15.7. The zero-order valence-corrected chi connectivity index (χ0v) is 13.5. The Labute approximate surface area is 132 Å². The lowest BCUT2D eigenvalue weighted by molar-refractivity contribution is -0.133. The summed E-state index contributed by atoms with van der Waals surface area (Å²) < 4.78 is 16.3. The number of fused-ring (bicyclic) bond motifs is 1. The van der Waals surface area contributed by atoms with Gasteiger partial charge in [0.05, 0.1) is 25.5 Å². The van der Waals surface area contributed by atoms with E-state index < -0.39 is 5.79 Å². The monoisotopic (exact) mass is 307 g/mol. The number of hydrazone groups is 1. The highest BCUT2D eigenvalue weighted by Gasteiger charge is 2.31. The van der Waals surface area contributed by atoms with Gasteiger partial charge in [-0.2, -0.15) is 5.10 Å². The van der Waals surface area contributed by atoms with Gasteiger partial charge in [-0.3, -0.25) is 9.91 Å². The van der Waals surface area contributed by atoms with Crippen LogP contribution in [-0.4, -0.2) is 81.6 Å². The van der Waals surface area contributed by atoms with Gasteiger partial charge < -0.3 is 14.2 Å².